The molecule has 0 aliphatic heterocycles. The molecule has 0 saturated heterocycles. The summed E-state index contributed by atoms with van der Waals surface area (Å²) in [6, 6.07) is 21.7. The molecule has 0 radical (unpaired) electrons. The zero-order chi connectivity index (χ0) is 19.4. The van der Waals surface area contributed by atoms with Crippen molar-refractivity contribution < 1.29 is 9.53 Å². The average Bonchev–Trinajstić information content (AvgIpc) is 2.65. The van der Waals surface area contributed by atoms with Crippen molar-refractivity contribution in [2.45, 2.75) is 32.9 Å². The molecule has 0 heterocycles. The fourth-order valence-corrected chi connectivity index (χ4v) is 4.21. The number of rotatable bonds is 6. The predicted octanol–water partition coefficient (Wildman–Crippen LogP) is 6.98. The van der Waals surface area contributed by atoms with Gasteiger partial charge in [-0.15, -0.1) is 11.8 Å². The zero-order valence-corrected chi connectivity index (χ0v) is 17.2. The Labute approximate surface area is 165 Å². The van der Waals surface area contributed by atoms with Gasteiger partial charge in [0.1, 0.15) is 11.5 Å². The van der Waals surface area contributed by atoms with Gasteiger partial charge in [-0.05, 0) is 58.3 Å². The van der Waals surface area contributed by atoms with Crippen LogP contribution in [0.25, 0.3) is 10.8 Å². The molecule has 3 aromatic carbocycles. The Hall–Kier alpha value is -2.26. The van der Waals surface area contributed by atoms with Gasteiger partial charge in [-0.3, -0.25) is 4.79 Å². The minimum absolute atomic E-state index is 0.0465. The molecule has 0 fully saturated rings. The molecule has 3 heteroatoms. The predicted molar refractivity (Wildman–Crippen MR) is 116 cm³/mol. The minimum Gasteiger partial charge on any atom is -0.457 e. The maximum absolute atomic E-state index is 12.9. The van der Waals surface area contributed by atoms with E-state index in [1.54, 1.807) is 11.8 Å². The third kappa shape index (κ3) is 4.72. The first kappa shape index (κ1) is 19.5. The molecule has 0 spiro atoms. The van der Waals surface area contributed by atoms with Gasteiger partial charge in [0.15, 0.2) is 5.78 Å². The molecule has 3 rings (SSSR count). The molecule has 1 unspecified atom stereocenters. The van der Waals surface area contributed by atoms with Crippen molar-refractivity contribution in [3.8, 4) is 11.5 Å². The van der Waals surface area contributed by atoms with E-state index in [2.05, 4.69) is 45.9 Å². The number of benzene rings is 3. The first-order valence-corrected chi connectivity index (χ1v) is 10.4. The number of thioether (sulfide) groups is 1. The molecule has 0 bridgehead atoms. The lowest BCUT2D eigenvalue weighted by molar-refractivity contribution is 0.0950. The van der Waals surface area contributed by atoms with Crippen molar-refractivity contribution in [2.24, 2.45) is 5.41 Å². The van der Waals surface area contributed by atoms with Crippen LogP contribution in [0.2, 0.25) is 0 Å². The van der Waals surface area contributed by atoms with Crippen molar-refractivity contribution in [1.29, 1.82) is 0 Å². The second kappa shape index (κ2) is 8.18. The number of ketones is 1. The van der Waals surface area contributed by atoms with E-state index < -0.39 is 0 Å². The monoisotopic (exact) mass is 378 g/mol. The normalized spacial score (nSPS) is 12.7. The third-order valence-electron chi connectivity index (χ3n) is 4.45. The fraction of sp³-hybridized carbons (Fsp3) is 0.292. The van der Waals surface area contributed by atoms with Gasteiger partial charge >= 0.3 is 0 Å². The molecule has 0 amide bonds. The Balaban J connectivity index is 1.77. The van der Waals surface area contributed by atoms with E-state index in [1.165, 1.54) is 5.39 Å². The summed E-state index contributed by atoms with van der Waals surface area (Å²) >= 11 is 1.71. The molecule has 0 aromatic heterocycles. The van der Waals surface area contributed by atoms with Gasteiger partial charge in [-0.2, -0.15) is 0 Å². The highest BCUT2D eigenvalue weighted by Crippen LogP contribution is 2.33. The number of hydrogen-bond acceptors (Lipinski definition) is 3. The topological polar surface area (TPSA) is 26.3 Å². The molecule has 0 N–H and O–H groups in total. The summed E-state index contributed by atoms with van der Waals surface area (Å²) < 4.78 is 5.98. The second-order valence-electron chi connectivity index (χ2n) is 7.70. The SMILES string of the molecule is CCSC(C(=O)c1ccc(Oc2ccc3ccccc3c2)cc1)C(C)(C)C. The molecule has 0 saturated carbocycles. The lowest BCUT2D eigenvalue weighted by Gasteiger charge is -2.28. The van der Waals surface area contributed by atoms with Crippen LogP contribution in [-0.2, 0) is 0 Å². The van der Waals surface area contributed by atoms with Crippen molar-refractivity contribution in [2.75, 3.05) is 5.75 Å². The van der Waals surface area contributed by atoms with Crippen LogP contribution in [-0.4, -0.2) is 16.8 Å². The van der Waals surface area contributed by atoms with E-state index in [1.807, 2.05) is 48.5 Å². The molecule has 0 aliphatic carbocycles. The molecule has 2 nitrogen and oxygen atoms in total. The third-order valence-corrected chi connectivity index (χ3v) is 6.04. The first-order valence-electron chi connectivity index (χ1n) is 9.31. The molecular formula is C24H26O2S. The van der Waals surface area contributed by atoms with Gasteiger partial charge in [0.05, 0.1) is 5.25 Å². The standard InChI is InChI=1S/C24H26O2S/c1-5-27-23(24(2,3)4)22(25)18-11-13-20(14-12-18)26-21-15-10-17-8-6-7-9-19(17)16-21/h6-16,23H,5H2,1-4H3. The lowest BCUT2D eigenvalue weighted by Crippen LogP contribution is -2.31. The fourth-order valence-electron chi connectivity index (χ4n) is 3.09. The van der Waals surface area contributed by atoms with Crippen molar-refractivity contribution in [3.63, 3.8) is 0 Å². The highest BCUT2D eigenvalue weighted by atomic mass is 32.2. The van der Waals surface area contributed by atoms with Crippen LogP contribution in [0.3, 0.4) is 0 Å². The summed E-state index contributed by atoms with van der Waals surface area (Å²) in [4.78, 5) is 12.9. The van der Waals surface area contributed by atoms with Crippen molar-refractivity contribution in [1.82, 2.24) is 0 Å². The first-order chi connectivity index (χ1) is 12.9. The van der Waals surface area contributed by atoms with E-state index in [4.69, 9.17) is 4.74 Å². The molecule has 3 aromatic rings. The Morgan fingerprint density at radius 2 is 1.56 bits per heavy atom. The number of carbonyl (C=O) groups is 1. The van der Waals surface area contributed by atoms with Crippen molar-refractivity contribution >= 4 is 28.3 Å². The smallest absolute Gasteiger partial charge is 0.176 e. The van der Waals surface area contributed by atoms with E-state index in [0.717, 1.165) is 28.2 Å². The van der Waals surface area contributed by atoms with Gasteiger partial charge in [-0.1, -0.05) is 58.0 Å². The van der Waals surface area contributed by atoms with Crippen LogP contribution in [0.1, 0.15) is 38.1 Å². The molecule has 1 atom stereocenters. The van der Waals surface area contributed by atoms with Crippen LogP contribution >= 0.6 is 11.8 Å². The zero-order valence-electron chi connectivity index (χ0n) is 16.4. The van der Waals surface area contributed by atoms with Gasteiger partial charge in [0.25, 0.3) is 0 Å². The maximum atomic E-state index is 12.9. The van der Waals surface area contributed by atoms with E-state index >= 15 is 0 Å². The Morgan fingerprint density at radius 3 is 2.19 bits per heavy atom. The Kier molecular flexibility index (Phi) is 5.91. The Morgan fingerprint density at radius 1 is 0.926 bits per heavy atom. The number of fused-ring (bicyclic) bond motifs is 1. The minimum atomic E-state index is -0.0714. The summed E-state index contributed by atoms with van der Waals surface area (Å²) in [5.41, 5.74) is 0.666. The van der Waals surface area contributed by atoms with Crippen LogP contribution in [0.15, 0.2) is 66.7 Å². The lowest BCUT2D eigenvalue weighted by atomic mass is 9.87. The highest BCUT2D eigenvalue weighted by Gasteiger charge is 2.31. The second-order valence-corrected chi connectivity index (χ2v) is 9.08. The van der Waals surface area contributed by atoms with Crippen LogP contribution < -0.4 is 4.74 Å². The number of ether oxygens (including phenoxy) is 1. The number of carbonyl (C=O) groups excluding carboxylic acids is 1. The van der Waals surface area contributed by atoms with Gasteiger partial charge in [-0.25, -0.2) is 0 Å². The number of Topliss-reactive ketones (excluding diaryl/α,β-unsaturated/α-hetero) is 1. The average molecular weight is 379 g/mol. The summed E-state index contributed by atoms with van der Waals surface area (Å²) in [7, 11) is 0. The summed E-state index contributed by atoms with van der Waals surface area (Å²) in [6.07, 6.45) is 0. The molecular weight excluding hydrogens is 352 g/mol. The largest absolute Gasteiger partial charge is 0.457 e. The summed E-state index contributed by atoms with van der Waals surface area (Å²) in [6.45, 7) is 8.46. The van der Waals surface area contributed by atoms with Crippen LogP contribution in [0.4, 0.5) is 0 Å². The van der Waals surface area contributed by atoms with Gasteiger partial charge in [0.2, 0.25) is 0 Å². The number of hydrogen-bond donors (Lipinski definition) is 0. The summed E-state index contributed by atoms with van der Waals surface area (Å²) in [5, 5.41) is 2.29. The quantitative estimate of drug-likeness (QED) is 0.433. The Bertz CT molecular complexity index is 923. The van der Waals surface area contributed by atoms with E-state index in [-0.39, 0.29) is 16.4 Å². The molecule has 0 aliphatic rings. The highest BCUT2D eigenvalue weighted by molar-refractivity contribution is 8.00. The summed E-state index contributed by atoms with van der Waals surface area (Å²) in [5.74, 6) is 2.64. The van der Waals surface area contributed by atoms with E-state index in [0.29, 0.717) is 0 Å². The molecule has 140 valence electrons. The molecule has 27 heavy (non-hydrogen) atoms. The van der Waals surface area contributed by atoms with E-state index in [9.17, 15) is 4.79 Å². The van der Waals surface area contributed by atoms with Gasteiger partial charge in [0, 0.05) is 5.56 Å². The van der Waals surface area contributed by atoms with Crippen LogP contribution in [0, 0.1) is 5.41 Å². The maximum Gasteiger partial charge on any atom is 0.176 e. The van der Waals surface area contributed by atoms with Gasteiger partial charge < -0.3 is 4.74 Å². The van der Waals surface area contributed by atoms with Crippen molar-refractivity contribution in [3.05, 3.63) is 72.3 Å². The van der Waals surface area contributed by atoms with Crippen LogP contribution in [0.5, 0.6) is 11.5 Å².